The Balaban J connectivity index is 1.60. The van der Waals surface area contributed by atoms with Gasteiger partial charge in [0.1, 0.15) is 5.54 Å². The highest BCUT2D eigenvalue weighted by Crippen LogP contribution is 2.39. The number of carbonyl (C=O) groups excluding carboxylic acids is 2. The Morgan fingerprint density at radius 3 is 2.46 bits per heavy atom. The molecule has 3 fully saturated rings. The first-order valence-corrected chi connectivity index (χ1v) is 9.18. The predicted octanol–water partition coefficient (Wildman–Crippen LogP) is 1.27. The Bertz CT molecular complexity index is 554. The highest BCUT2D eigenvalue weighted by molar-refractivity contribution is 5.79. The molecule has 3 atom stereocenters. The summed E-state index contributed by atoms with van der Waals surface area (Å²) in [4.78, 5) is 28.5. The molecule has 2 heterocycles. The van der Waals surface area contributed by atoms with Crippen LogP contribution in [-0.4, -0.2) is 58.9 Å². The first kappa shape index (κ1) is 17.2. The summed E-state index contributed by atoms with van der Waals surface area (Å²) in [5, 5.41) is 12.4. The maximum absolute atomic E-state index is 12.5. The summed E-state index contributed by atoms with van der Waals surface area (Å²) in [7, 11) is 0. The van der Waals surface area contributed by atoms with E-state index in [0.29, 0.717) is 12.5 Å². The second-order valence-electron chi connectivity index (χ2n) is 7.74. The number of hydrogen-bond donors (Lipinski definition) is 1. The first-order valence-electron chi connectivity index (χ1n) is 9.18. The third-order valence-electron chi connectivity index (χ3n) is 5.93. The monoisotopic (exact) mass is 332 g/mol. The van der Waals surface area contributed by atoms with Gasteiger partial charge < -0.3 is 10.2 Å². The van der Waals surface area contributed by atoms with Gasteiger partial charge in [-0.15, -0.1) is 0 Å². The van der Waals surface area contributed by atoms with E-state index in [1.165, 1.54) is 0 Å². The minimum absolute atomic E-state index is 0.0646. The average Bonchev–Trinajstić information content (AvgIpc) is 3.12. The van der Waals surface area contributed by atoms with Crippen molar-refractivity contribution in [2.75, 3.05) is 19.6 Å². The van der Waals surface area contributed by atoms with Crippen LogP contribution < -0.4 is 5.32 Å². The van der Waals surface area contributed by atoms with E-state index in [9.17, 15) is 14.9 Å². The molecule has 1 saturated carbocycles. The molecule has 3 aliphatic rings. The summed E-state index contributed by atoms with van der Waals surface area (Å²) < 4.78 is 0. The fourth-order valence-corrected chi connectivity index (χ4v) is 4.46. The van der Waals surface area contributed by atoms with Crippen LogP contribution in [0.15, 0.2) is 0 Å². The van der Waals surface area contributed by atoms with Crippen LogP contribution in [0.1, 0.15) is 52.4 Å². The normalized spacial score (nSPS) is 30.0. The van der Waals surface area contributed by atoms with E-state index in [0.717, 1.165) is 51.6 Å². The lowest BCUT2D eigenvalue weighted by Crippen LogP contribution is -2.53. The minimum atomic E-state index is -0.731. The summed E-state index contributed by atoms with van der Waals surface area (Å²) in [5.74, 6) is 0.369. The molecule has 3 rings (SSSR count). The van der Waals surface area contributed by atoms with Crippen molar-refractivity contribution in [3.8, 4) is 6.07 Å². The number of hydrogen-bond acceptors (Lipinski definition) is 4. The summed E-state index contributed by atoms with van der Waals surface area (Å²) in [5.41, 5.74) is -0.731. The van der Waals surface area contributed by atoms with Crippen LogP contribution >= 0.6 is 0 Å². The van der Waals surface area contributed by atoms with E-state index in [2.05, 4.69) is 16.3 Å². The Hall–Kier alpha value is -1.61. The van der Waals surface area contributed by atoms with Crippen LogP contribution in [-0.2, 0) is 9.59 Å². The third-order valence-corrected chi connectivity index (χ3v) is 5.93. The molecule has 0 bridgehead atoms. The van der Waals surface area contributed by atoms with Crippen molar-refractivity contribution < 1.29 is 9.59 Å². The molecule has 6 heteroatoms. The van der Waals surface area contributed by atoms with Crippen molar-refractivity contribution >= 4 is 11.8 Å². The van der Waals surface area contributed by atoms with Gasteiger partial charge in [0.05, 0.1) is 12.6 Å². The average molecular weight is 332 g/mol. The van der Waals surface area contributed by atoms with Crippen LogP contribution in [0, 0.1) is 17.2 Å². The maximum atomic E-state index is 12.5. The molecule has 0 aromatic rings. The summed E-state index contributed by atoms with van der Waals surface area (Å²) in [6.07, 6.45) is 6.23. The molecule has 0 aromatic heterocycles. The highest BCUT2D eigenvalue weighted by atomic mass is 16.2. The zero-order chi connectivity index (χ0) is 17.3. The van der Waals surface area contributed by atoms with Crippen molar-refractivity contribution in [1.29, 1.82) is 5.26 Å². The molecular weight excluding hydrogens is 304 g/mol. The lowest BCUT2D eigenvalue weighted by atomic mass is 9.98. The van der Waals surface area contributed by atoms with Crippen LogP contribution in [0.3, 0.4) is 0 Å². The zero-order valence-electron chi connectivity index (χ0n) is 14.8. The molecule has 132 valence electrons. The molecule has 6 nitrogen and oxygen atoms in total. The Morgan fingerprint density at radius 2 is 1.83 bits per heavy atom. The number of rotatable bonds is 5. The molecule has 0 spiro atoms. The fraction of sp³-hybridized carbons (Fsp3) is 0.833. The van der Waals surface area contributed by atoms with Gasteiger partial charge in [-0.2, -0.15) is 5.26 Å². The van der Waals surface area contributed by atoms with Gasteiger partial charge in [-0.1, -0.05) is 0 Å². The Labute approximate surface area is 144 Å². The number of amides is 2. The summed E-state index contributed by atoms with van der Waals surface area (Å²) in [6.45, 7) is 5.53. The van der Waals surface area contributed by atoms with Gasteiger partial charge in [-0.25, -0.2) is 0 Å². The van der Waals surface area contributed by atoms with Crippen LogP contribution in [0.4, 0.5) is 0 Å². The summed E-state index contributed by atoms with van der Waals surface area (Å²) >= 11 is 0. The molecule has 2 saturated heterocycles. The Kier molecular flexibility index (Phi) is 4.82. The number of carbonyl (C=O) groups is 2. The molecular formula is C18H28N4O2. The van der Waals surface area contributed by atoms with Gasteiger partial charge in [-0.3, -0.25) is 14.5 Å². The number of likely N-dealkylation sites (tertiary alicyclic amines) is 2. The van der Waals surface area contributed by atoms with Crippen molar-refractivity contribution in [2.45, 2.75) is 70.0 Å². The lowest BCUT2D eigenvalue weighted by Gasteiger charge is -2.34. The van der Waals surface area contributed by atoms with E-state index in [-0.39, 0.29) is 23.9 Å². The number of nitrogens with one attached hydrogen (secondary N) is 1. The van der Waals surface area contributed by atoms with Crippen LogP contribution in [0.5, 0.6) is 0 Å². The highest BCUT2D eigenvalue weighted by Gasteiger charge is 2.44. The topological polar surface area (TPSA) is 76.4 Å². The van der Waals surface area contributed by atoms with E-state index in [1.54, 1.807) is 6.92 Å². The van der Waals surface area contributed by atoms with Gasteiger partial charge in [0, 0.05) is 25.6 Å². The van der Waals surface area contributed by atoms with E-state index in [1.807, 2.05) is 11.8 Å². The van der Waals surface area contributed by atoms with Gasteiger partial charge in [0.25, 0.3) is 0 Å². The minimum Gasteiger partial charge on any atom is -0.338 e. The molecule has 0 aromatic carbocycles. The van der Waals surface area contributed by atoms with E-state index < -0.39 is 5.54 Å². The standard InChI is InChI=1S/C18H28N4O2/c1-13(23)22-10-4-6-16(22)15-5-3-9-21(15)11-17(24)20-18(2,12-19)14-7-8-14/h14-16H,3-11H2,1-2H3,(H,20,24)/t15-,16-,18+/m1/s1. The molecule has 1 N–H and O–H groups in total. The quantitative estimate of drug-likeness (QED) is 0.822. The molecule has 24 heavy (non-hydrogen) atoms. The largest absolute Gasteiger partial charge is 0.338 e. The van der Waals surface area contributed by atoms with Gasteiger partial charge >= 0.3 is 0 Å². The summed E-state index contributed by atoms with van der Waals surface area (Å²) in [6, 6.07) is 2.80. The van der Waals surface area contributed by atoms with Crippen molar-refractivity contribution in [1.82, 2.24) is 15.1 Å². The van der Waals surface area contributed by atoms with Gasteiger partial charge in [-0.05, 0) is 57.9 Å². The van der Waals surface area contributed by atoms with Crippen molar-refractivity contribution in [3.63, 3.8) is 0 Å². The second kappa shape index (κ2) is 6.72. The van der Waals surface area contributed by atoms with E-state index in [4.69, 9.17) is 0 Å². The number of nitriles is 1. The molecule has 1 aliphatic carbocycles. The smallest absolute Gasteiger partial charge is 0.235 e. The second-order valence-corrected chi connectivity index (χ2v) is 7.74. The van der Waals surface area contributed by atoms with Crippen molar-refractivity contribution in [2.24, 2.45) is 5.92 Å². The van der Waals surface area contributed by atoms with Crippen LogP contribution in [0.2, 0.25) is 0 Å². The fourth-order valence-electron chi connectivity index (χ4n) is 4.46. The molecule has 2 aliphatic heterocycles. The van der Waals surface area contributed by atoms with Gasteiger partial charge in [0.2, 0.25) is 11.8 Å². The first-order chi connectivity index (χ1) is 11.4. The predicted molar refractivity (Wildman–Crippen MR) is 89.9 cm³/mol. The van der Waals surface area contributed by atoms with E-state index >= 15 is 0 Å². The van der Waals surface area contributed by atoms with Gasteiger partial charge in [0.15, 0.2) is 0 Å². The van der Waals surface area contributed by atoms with Crippen LogP contribution in [0.25, 0.3) is 0 Å². The Morgan fingerprint density at radius 1 is 1.17 bits per heavy atom. The third kappa shape index (κ3) is 3.41. The maximum Gasteiger partial charge on any atom is 0.235 e. The molecule has 0 radical (unpaired) electrons. The molecule has 0 unspecified atom stereocenters. The number of nitrogens with zero attached hydrogens (tertiary/aromatic N) is 3. The SMILES string of the molecule is CC(=O)N1CCC[C@@H]1[C@H]1CCCN1CC(=O)N[C@@](C)(C#N)C1CC1. The van der Waals surface area contributed by atoms with Crippen molar-refractivity contribution in [3.05, 3.63) is 0 Å². The zero-order valence-corrected chi connectivity index (χ0v) is 14.8. The molecule has 2 amide bonds. The lowest BCUT2D eigenvalue weighted by molar-refractivity contribution is -0.130.